The minimum absolute atomic E-state index is 0.721. The van der Waals surface area contributed by atoms with Crippen LogP contribution in [0.3, 0.4) is 0 Å². The van der Waals surface area contributed by atoms with Crippen LogP contribution in [0.5, 0.6) is 0 Å². The fraction of sp³-hybridized carbons (Fsp3) is 1.00. The van der Waals surface area contributed by atoms with E-state index in [0.717, 1.165) is 22.6 Å². The van der Waals surface area contributed by atoms with Crippen LogP contribution in [-0.2, 0) is 0 Å². The maximum atomic E-state index is 3.73. The fourth-order valence-corrected chi connectivity index (χ4v) is 3.01. The summed E-state index contributed by atoms with van der Waals surface area (Å²) in [6.07, 6.45) is 7.25. The molecule has 0 amide bonds. The van der Waals surface area contributed by atoms with Crippen molar-refractivity contribution in [3.05, 3.63) is 0 Å². The molecule has 0 aromatic carbocycles. The highest BCUT2D eigenvalue weighted by atomic mass is 79.9. The van der Waals surface area contributed by atoms with Crippen LogP contribution in [0.15, 0.2) is 0 Å². The smallest absolute Gasteiger partial charge is 0.0145 e. The molecule has 1 fully saturated rings. The van der Waals surface area contributed by atoms with E-state index in [4.69, 9.17) is 0 Å². The molecule has 0 radical (unpaired) electrons. The highest BCUT2D eigenvalue weighted by molar-refractivity contribution is 9.09. The summed E-state index contributed by atoms with van der Waals surface area (Å²) in [5, 5.41) is 0. The van der Waals surface area contributed by atoms with Gasteiger partial charge in [-0.25, -0.2) is 0 Å². The van der Waals surface area contributed by atoms with Gasteiger partial charge in [0.2, 0.25) is 0 Å². The molecule has 0 aromatic heterocycles. The van der Waals surface area contributed by atoms with E-state index in [2.05, 4.69) is 36.7 Å². The summed E-state index contributed by atoms with van der Waals surface area (Å²) >= 11 is 3.73. The molecule has 3 atom stereocenters. The van der Waals surface area contributed by atoms with Crippen LogP contribution >= 0.6 is 15.9 Å². The third-order valence-electron chi connectivity index (χ3n) is 3.65. The molecule has 0 bridgehead atoms. The Bertz CT molecular complexity index is 124. The van der Waals surface area contributed by atoms with E-state index in [9.17, 15) is 0 Å². The van der Waals surface area contributed by atoms with E-state index in [1.165, 1.54) is 32.1 Å². The van der Waals surface area contributed by atoms with Crippen LogP contribution in [0, 0.1) is 17.8 Å². The van der Waals surface area contributed by atoms with Crippen molar-refractivity contribution in [2.45, 2.75) is 57.7 Å². The molecule has 0 aromatic rings. The first kappa shape index (κ1) is 11.6. The number of halogens is 1. The molecular formula is C12H23Br. The predicted molar refractivity (Wildman–Crippen MR) is 63.3 cm³/mol. The van der Waals surface area contributed by atoms with Crippen molar-refractivity contribution in [3.8, 4) is 0 Å². The van der Waals surface area contributed by atoms with Gasteiger partial charge in [0.1, 0.15) is 0 Å². The highest BCUT2D eigenvalue weighted by Gasteiger charge is 2.22. The second-order valence-corrected chi connectivity index (χ2v) is 6.39. The largest absolute Gasteiger partial charge is 0.0891 e. The summed E-state index contributed by atoms with van der Waals surface area (Å²) in [5.41, 5.74) is 0. The van der Waals surface area contributed by atoms with Crippen molar-refractivity contribution in [3.63, 3.8) is 0 Å². The van der Waals surface area contributed by atoms with Crippen molar-refractivity contribution < 1.29 is 0 Å². The Morgan fingerprint density at radius 1 is 0.923 bits per heavy atom. The minimum atomic E-state index is 0.721. The lowest BCUT2D eigenvalue weighted by molar-refractivity contribution is 0.336. The zero-order chi connectivity index (χ0) is 9.84. The van der Waals surface area contributed by atoms with Crippen molar-refractivity contribution >= 4 is 15.9 Å². The summed E-state index contributed by atoms with van der Waals surface area (Å²) in [4.78, 5) is 0.721. The molecule has 78 valence electrons. The van der Waals surface area contributed by atoms with Crippen LogP contribution in [-0.4, -0.2) is 4.83 Å². The van der Waals surface area contributed by atoms with Gasteiger partial charge in [-0.3, -0.25) is 0 Å². The second-order valence-electron chi connectivity index (χ2n) is 4.95. The highest BCUT2D eigenvalue weighted by Crippen LogP contribution is 2.34. The van der Waals surface area contributed by atoms with Gasteiger partial charge in [-0.15, -0.1) is 0 Å². The first-order chi connectivity index (χ1) is 6.11. The number of hydrogen-bond donors (Lipinski definition) is 0. The van der Waals surface area contributed by atoms with Gasteiger partial charge in [0.05, 0.1) is 0 Å². The molecule has 3 unspecified atom stereocenters. The van der Waals surface area contributed by atoms with Gasteiger partial charge >= 0.3 is 0 Å². The molecule has 13 heavy (non-hydrogen) atoms. The fourth-order valence-electron chi connectivity index (χ4n) is 2.49. The van der Waals surface area contributed by atoms with E-state index in [1.807, 2.05) is 0 Å². The van der Waals surface area contributed by atoms with Gasteiger partial charge in [0, 0.05) is 4.83 Å². The maximum absolute atomic E-state index is 3.73. The summed E-state index contributed by atoms with van der Waals surface area (Å²) < 4.78 is 0. The van der Waals surface area contributed by atoms with E-state index in [-0.39, 0.29) is 0 Å². The maximum Gasteiger partial charge on any atom is 0.0145 e. The zero-order valence-corrected chi connectivity index (χ0v) is 10.8. The van der Waals surface area contributed by atoms with Gasteiger partial charge in [-0.1, -0.05) is 49.5 Å². The molecule has 0 spiro atoms. The van der Waals surface area contributed by atoms with E-state index in [1.54, 1.807) is 0 Å². The van der Waals surface area contributed by atoms with Crippen LogP contribution in [0.4, 0.5) is 0 Å². The van der Waals surface area contributed by atoms with Gasteiger partial charge < -0.3 is 0 Å². The standard InChI is InChI=1S/C12H23Br/c1-9(2)11-5-4-6-12(8-7-11)10(3)13/h9-12H,4-8H2,1-3H3. The monoisotopic (exact) mass is 246 g/mol. The molecule has 0 heterocycles. The van der Waals surface area contributed by atoms with Crippen molar-refractivity contribution in [1.29, 1.82) is 0 Å². The molecule has 0 nitrogen and oxygen atoms in total. The molecule has 0 N–H and O–H groups in total. The lowest BCUT2D eigenvalue weighted by Gasteiger charge is -2.19. The van der Waals surface area contributed by atoms with Gasteiger partial charge in [-0.2, -0.15) is 0 Å². The molecule has 1 aliphatic carbocycles. The first-order valence-corrected chi connectivity index (χ1v) is 6.67. The van der Waals surface area contributed by atoms with Crippen LogP contribution in [0.2, 0.25) is 0 Å². The first-order valence-electron chi connectivity index (χ1n) is 5.75. The summed E-state index contributed by atoms with van der Waals surface area (Å²) in [6, 6.07) is 0. The Morgan fingerprint density at radius 2 is 1.46 bits per heavy atom. The normalized spacial score (nSPS) is 33.0. The molecule has 1 heteroatoms. The SMILES string of the molecule is CC(C)C1CCCC(C(C)Br)CC1. The third-order valence-corrected chi connectivity index (χ3v) is 4.40. The van der Waals surface area contributed by atoms with Crippen molar-refractivity contribution in [2.24, 2.45) is 17.8 Å². The Hall–Kier alpha value is 0.480. The average molecular weight is 247 g/mol. The molecule has 1 rings (SSSR count). The minimum Gasteiger partial charge on any atom is -0.0891 e. The quantitative estimate of drug-likeness (QED) is 0.493. The van der Waals surface area contributed by atoms with Crippen LogP contribution < -0.4 is 0 Å². The zero-order valence-electron chi connectivity index (χ0n) is 9.22. The van der Waals surface area contributed by atoms with E-state index in [0.29, 0.717) is 0 Å². The van der Waals surface area contributed by atoms with Crippen LogP contribution in [0.25, 0.3) is 0 Å². The Morgan fingerprint density at radius 3 is 2.00 bits per heavy atom. The van der Waals surface area contributed by atoms with Crippen molar-refractivity contribution in [2.75, 3.05) is 0 Å². The lowest BCUT2D eigenvalue weighted by atomic mass is 9.88. The summed E-state index contributed by atoms with van der Waals surface area (Å²) in [7, 11) is 0. The molecular weight excluding hydrogens is 224 g/mol. The van der Waals surface area contributed by atoms with Gasteiger partial charge in [0.25, 0.3) is 0 Å². The third kappa shape index (κ3) is 3.61. The Kier molecular flexibility index (Phi) is 4.78. The number of hydrogen-bond acceptors (Lipinski definition) is 0. The second kappa shape index (κ2) is 5.38. The van der Waals surface area contributed by atoms with E-state index >= 15 is 0 Å². The van der Waals surface area contributed by atoms with E-state index < -0.39 is 0 Å². The Balaban J connectivity index is 2.39. The Labute approximate surface area is 91.6 Å². The molecule has 0 aliphatic heterocycles. The average Bonchev–Trinajstić information content (AvgIpc) is 2.27. The van der Waals surface area contributed by atoms with Crippen LogP contribution in [0.1, 0.15) is 52.9 Å². The topological polar surface area (TPSA) is 0 Å². The molecule has 0 saturated heterocycles. The summed E-state index contributed by atoms with van der Waals surface area (Å²) in [5.74, 6) is 2.82. The molecule has 1 aliphatic rings. The number of rotatable bonds is 2. The van der Waals surface area contributed by atoms with Crippen molar-refractivity contribution in [1.82, 2.24) is 0 Å². The lowest BCUT2D eigenvalue weighted by Crippen LogP contribution is -2.11. The summed E-state index contributed by atoms with van der Waals surface area (Å²) in [6.45, 7) is 7.06. The molecule has 1 saturated carbocycles. The van der Waals surface area contributed by atoms with Gasteiger partial charge in [0.15, 0.2) is 0 Å². The number of alkyl halides is 1. The predicted octanol–water partition coefficient (Wildman–Crippen LogP) is 4.62. The van der Waals surface area contributed by atoms with Gasteiger partial charge in [-0.05, 0) is 37.0 Å².